The Kier molecular flexibility index (Phi) is 9.94. The van der Waals surface area contributed by atoms with Gasteiger partial charge in [0.25, 0.3) is 0 Å². The Balaban J connectivity index is 0. The van der Waals surface area contributed by atoms with Crippen molar-refractivity contribution in [1.82, 2.24) is 0 Å². The van der Waals surface area contributed by atoms with Gasteiger partial charge in [0.05, 0.1) is 11.4 Å². The zero-order chi connectivity index (χ0) is 16.9. The lowest BCUT2D eigenvalue weighted by Crippen LogP contribution is -2.22. The van der Waals surface area contributed by atoms with Gasteiger partial charge in [0.15, 0.2) is 0 Å². The molecule has 0 spiro atoms. The molecular formula is C12H20Cl2N8O2. The first kappa shape index (κ1) is 23.5. The van der Waals surface area contributed by atoms with E-state index >= 15 is 0 Å². The highest BCUT2D eigenvalue weighted by atomic mass is 35.5. The molecule has 0 heterocycles. The van der Waals surface area contributed by atoms with Gasteiger partial charge >= 0.3 is 0 Å². The maximum Gasteiger partial charge on any atom is 0.211 e. The number of benzene rings is 1. The number of nitrogens with zero attached hydrogens (tertiary/aromatic N) is 4. The molecule has 12 heteroatoms. The Hall–Kier alpha value is -2.72. The van der Waals surface area contributed by atoms with E-state index in [2.05, 4.69) is 20.4 Å². The molecule has 0 saturated carbocycles. The number of hydrogen-bond acceptors (Lipinski definition) is 6. The summed E-state index contributed by atoms with van der Waals surface area (Å²) in [7, 11) is 0. The van der Waals surface area contributed by atoms with Gasteiger partial charge in [-0.15, -0.1) is 35.0 Å². The predicted molar refractivity (Wildman–Crippen MR) is 100 cm³/mol. The molecule has 0 amide bonds. The molecule has 1 aromatic rings. The lowest BCUT2D eigenvalue weighted by atomic mass is 10.0. The summed E-state index contributed by atoms with van der Waals surface area (Å²) >= 11 is 0. The second-order valence-electron chi connectivity index (χ2n) is 4.31. The molecule has 1 aromatic carbocycles. The summed E-state index contributed by atoms with van der Waals surface area (Å²) in [6, 6.07) is 2.61. The summed E-state index contributed by atoms with van der Waals surface area (Å²) in [5.41, 5.74) is 22.1. The smallest absolute Gasteiger partial charge is 0.211 e. The molecule has 0 saturated heterocycles. The number of hydrogen-bond donors (Lipinski definition) is 6. The van der Waals surface area contributed by atoms with Crippen molar-refractivity contribution in [2.45, 2.75) is 13.8 Å². The average Bonchev–Trinajstić information content (AvgIpc) is 2.42. The van der Waals surface area contributed by atoms with Gasteiger partial charge in [-0.05, 0) is 19.9 Å². The van der Waals surface area contributed by atoms with Crippen molar-refractivity contribution in [3.63, 3.8) is 0 Å². The standard InChI is InChI=1S/C12H18N8O2.2ClH/c1-5(17-19-11(13)14)7-3-8(10(22)4-9(7)21)6(2)18-20-12(15)16;;/h3-4,21-22H,1-2H3,(H4,13,14,19)(H4,15,16,20);2*1H/b17-5+,18-6+;;. The fourth-order valence-electron chi connectivity index (χ4n) is 1.53. The van der Waals surface area contributed by atoms with Crippen LogP contribution in [0.15, 0.2) is 32.5 Å². The van der Waals surface area contributed by atoms with Crippen LogP contribution in [0.25, 0.3) is 0 Å². The van der Waals surface area contributed by atoms with E-state index in [-0.39, 0.29) is 48.2 Å². The topological polar surface area (TPSA) is 194 Å². The van der Waals surface area contributed by atoms with E-state index in [0.29, 0.717) is 22.6 Å². The van der Waals surface area contributed by atoms with Crippen molar-refractivity contribution in [2.75, 3.05) is 0 Å². The van der Waals surface area contributed by atoms with E-state index in [1.54, 1.807) is 13.8 Å². The van der Waals surface area contributed by atoms with Gasteiger partial charge in [-0.3, -0.25) is 0 Å². The van der Waals surface area contributed by atoms with Crippen LogP contribution in [-0.4, -0.2) is 33.6 Å². The maximum absolute atomic E-state index is 9.89. The second kappa shape index (κ2) is 10.1. The Labute approximate surface area is 150 Å². The van der Waals surface area contributed by atoms with Crippen LogP contribution in [-0.2, 0) is 0 Å². The van der Waals surface area contributed by atoms with E-state index in [1.807, 2.05) is 0 Å². The van der Waals surface area contributed by atoms with Crippen LogP contribution in [0.2, 0.25) is 0 Å². The van der Waals surface area contributed by atoms with Crippen LogP contribution in [0.4, 0.5) is 0 Å². The SMILES string of the molecule is C/C(=N\N=C(N)N)c1cc(/C(C)=N/N=C(N)N)c(O)cc1O.Cl.Cl. The van der Waals surface area contributed by atoms with Crippen molar-refractivity contribution < 1.29 is 10.2 Å². The minimum atomic E-state index is -0.219. The van der Waals surface area contributed by atoms with Gasteiger partial charge < -0.3 is 33.1 Å². The number of halogens is 2. The van der Waals surface area contributed by atoms with Crippen molar-refractivity contribution in [3.8, 4) is 11.5 Å². The Bertz CT molecular complexity index is 637. The molecular weight excluding hydrogens is 359 g/mol. The van der Waals surface area contributed by atoms with Crippen molar-refractivity contribution in [3.05, 3.63) is 23.3 Å². The quantitative estimate of drug-likeness (QED) is 0.241. The summed E-state index contributed by atoms with van der Waals surface area (Å²) in [4.78, 5) is 0. The van der Waals surface area contributed by atoms with E-state index < -0.39 is 0 Å². The fourth-order valence-corrected chi connectivity index (χ4v) is 1.53. The first-order valence-electron chi connectivity index (χ1n) is 6.05. The second-order valence-corrected chi connectivity index (χ2v) is 4.31. The lowest BCUT2D eigenvalue weighted by molar-refractivity contribution is 0.449. The number of rotatable bonds is 4. The van der Waals surface area contributed by atoms with Crippen LogP contribution < -0.4 is 22.9 Å². The minimum Gasteiger partial charge on any atom is -0.507 e. The van der Waals surface area contributed by atoms with Gasteiger partial charge in [-0.25, -0.2) is 0 Å². The van der Waals surface area contributed by atoms with Crippen LogP contribution in [0, 0.1) is 0 Å². The normalized spacial score (nSPS) is 10.9. The largest absolute Gasteiger partial charge is 0.507 e. The zero-order valence-electron chi connectivity index (χ0n) is 13.0. The van der Waals surface area contributed by atoms with Crippen LogP contribution >= 0.6 is 24.8 Å². The molecule has 0 radical (unpaired) electrons. The van der Waals surface area contributed by atoms with Crippen molar-refractivity contribution >= 4 is 48.2 Å². The highest BCUT2D eigenvalue weighted by Gasteiger charge is 2.13. The molecule has 10 nitrogen and oxygen atoms in total. The zero-order valence-corrected chi connectivity index (χ0v) is 14.6. The third kappa shape index (κ3) is 6.58. The molecule has 0 aliphatic rings. The Morgan fingerprint density at radius 1 is 0.708 bits per heavy atom. The van der Waals surface area contributed by atoms with Crippen LogP contribution in [0.1, 0.15) is 25.0 Å². The van der Waals surface area contributed by atoms with Crippen LogP contribution in [0.5, 0.6) is 11.5 Å². The molecule has 24 heavy (non-hydrogen) atoms. The summed E-state index contributed by atoms with van der Waals surface area (Å²) < 4.78 is 0. The molecule has 10 N–H and O–H groups in total. The van der Waals surface area contributed by atoms with E-state index in [9.17, 15) is 10.2 Å². The first-order chi connectivity index (χ1) is 10.2. The molecule has 134 valence electrons. The van der Waals surface area contributed by atoms with Gasteiger partial charge in [-0.1, -0.05) is 0 Å². The lowest BCUT2D eigenvalue weighted by Gasteiger charge is -2.09. The summed E-state index contributed by atoms with van der Waals surface area (Å²) in [6.45, 7) is 3.18. The summed E-state index contributed by atoms with van der Waals surface area (Å²) in [5.74, 6) is -0.822. The molecule has 0 unspecified atom stereocenters. The van der Waals surface area contributed by atoms with E-state index in [4.69, 9.17) is 22.9 Å². The number of phenols is 2. The maximum atomic E-state index is 9.89. The molecule has 0 aromatic heterocycles. The third-order valence-corrected chi connectivity index (χ3v) is 2.52. The molecule has 0 aliphatic carbocycles. The summed E-state index contributed by atoms with van der Waals surface area (Å²) in [5, 5.41) is 34.3. The minimum absolute atomic E-state index is 0. The van der Waals surface area contributed by atoms with Crippen molar-refractivity contribution in [1.29, 1.82) is 0 Å². The molecule has 0 aliphatic heterocycles. The van der Waals surface area contributed by atoms with E-state index in [1.165, 1.54) is 6.07 Å². The van der Waals surface area contributed by atoms with E-state index in [0.717, 1.165) is 6.07 Å². The average molecular weight is 379 g/mol. The molecule has 0 bridgehead atoms. The number of aromatic hydroxyl groups is 2. The van der Waals surface area contributed by atoms with Gasteiger partial charge in [0, 0.05) is 17.2 Å². The number of guanidine groups is 2. The number of phenolic OH excluding ortho intramolecular Hbond substituents is 2. The summed E-state index contributed by atoms with van der Waals surface area (Å²) in [6.07, 6.45) is 0. The highest BCUT2D eigenvalue weighted by Crippen LogP contribution is 2.28. The predicted octanol–water partition coefficient (Wildman–Crippen LogP) is -0.0638. The first-order valence-corrected chi connectivity index (χ1v) is 6.05. The fraction of sp³-hybridized carbons (Fsp3) is 0.167. The third-order valence-electron chi connectivity index (χ3n) is 2.52. The van der Waals surface area contributed by atoms with Gasteiger partial charge in [-0.2, -0.15) is 10.2 Å². The Morgan fingerprint density at radius 2 is 1.04 bits per heavy atom. The van der Waals surface area contributed by atoms with Crippen LogP contribution in [0.3, 0.4) is 0 Å². The number of nitrogens with two attached hydrogens (primary N) is 4. The van der Waals surface area contributed by atoms with Gasteiger partial charge in [0.2, 0.25) is 11.9 Å². The highest BCUT2D eigenvalue weighted by molar-refractivity contribution is 6.07. The molecule has 0 fully saturated rings. The molecule has 1 rings (SSSR count). The monoisotopic (exact) mass is 378 g/mol. The molecule has 0 atom stereocenters. The Morgan fingerprint density at radius 3 is 1.33 bits per heavy atom. The van der Waals surface area contributed by atoms with Gasteiger partial charge in [0.1, 0.15) is 11.5 Å². The van der Waals surface area contributed by atoms with Crippen molar-refractivity contribution in [2.24, 2.45) is 43.3 Å².